The molecule has 1 fully saturated rings. The SMILES string of the molecule is Cc1ccncc1C1C(CN)CCN1C(C)C. The van der Waals surface area contributed by atoms with Crippen LogP contribution in [0.15, 0.2) is 18.5 Å². The predicted octanol–water partition coefficient (Wildman–Crippen LogP) is 2.12. The molecule has 1 aromatic rings. The summed E-state index contributed by atoms with van der Waals surface area (Å²) in [4.78, 5) is 6.84. The van der Waals surface area contributed by atoms with Crippen molar-refractivity contribution in [1.82, 2.24) is 9.88 Å². The van der Waals surface area contributed by atoms with Gasteiger partial charge in [-0.3, -0.25) is 9.88 Å². The van der Waals surface area contributed by atoms with E-state index in [1.165, 1.54) is 17.5 Å². The van der Waals surface area contributed by atoms with Crippen LogP contribution in [0.2, 0.25) is 0 Å². The van der Waals surface area contributed by atoms with Crippen molar-refractivity contribution in [2.75, 3.05) is 13.1 Å². The van der Waals surface area contributed by atoms with Gasteiger partial charge in [0.05, 0.1) is 0 Å². The molecule has 1 saturated heterocycles. The molecule has 0 spiro atoms. The Bertz CT molecular complexity index is 375. The summed E-state index contributed by atoms with van der Waals surface area (Å²) in [5.74, 6) is 0.570. The van der Waals surface area contributed by atoms with Crippen LogP contribution in [0.25, 0.3) is 0 Å². The van der Waals surface area contributed by atoms with Crippen molar-refractivity contribution in [1.29, 1.82) is 0 Å². The predicted molar refractivity (Wildman–Crippen MR) is 70.7 cm³/mol. The molecule has 0 bridgehead atoms. The number of nitrogens with two attached hydrogens (primary N) is 1. The lowest BCUT2D eigenvalue weighted by atomic mass is 9.92. The first-order valence-corrected chi connectivity index (χ1v) is 6.51. The quantitative estimate of drug-likeness (QED) is 0.869. The third-order valence-corrected chi connectivity index (χ3v) is 3.93. The second kappa shape index (κ2) is 5.15. The summed E-state index contributed by atoms with van der Waals surface area (Å²) in [5.41, 5.74) is 8.61. The largest absolute Gasteiger partial charge is 0.330 e. The van der Waals surface area contributed by atoms with Crippen LogP contribution in [-0.4, -0.2) is 29.0 Å². The second-order valence-electron chi connectivity index (χ2n) is 5.29. The van der Waals surface area contributed by atoms with Gasteiger partial charge < -0.3 is 5.73 Å². The minimum atomic E-state index is 0.452. The van der Waals surface area contributed by atoms with Gasteiger partial charge in [0, 0.05) is 24.5 Å². The van der Waals surface area contributed by atoms with Crippen molar-refractivity contribution >= 4 is 0 Å². The maximum atomic E-state index is 5.93. The molecular weight excluding hydrogens is 210 g/mol. The summed E-state index contributed by atoms with van der Waals surface area (Å²) in [6.07, 6.45) is 5.09. The molecule has 1 aliphatic heterocycles. The normalized spacial score (nSPS) is 25.7. The van der Waals surface area contributed by atoms with E-state index in [0.29, 0.717) is 18.0 Å². The summed E-state index contributed by atoms with van der Waals surface area (Å²) in [5, 5.41) is 0. The molecule has 17 heavy (non-hydrogen) atoms. The zero-order chi connectivity index (χ0) is 12.4. The first-order chi connectivity index (χ1) is 8.15. The molecule has 3 nitrogen and oxygen atoms in total. The lowest BCUT2D eigenvalue weighted by molar-refractivity contribution is 0.184. The Balaban J connectivity index is 2.35. The molecule has 0 amide bonds. The molecule has 0 radical (unpaired) electrons. The minimum absolute atomic E-state index is 0.452. The van der Waals surface area contributed by atoms with E-state index in [1.54, 1.807) is 0 Å². The van der Waals surface area contributed by atoms with Gasteiger partial charge in [0.1, 0.15) is 0 Å². The number of aryl methyl sites for hydroxylation is 1. The maximum absolute atomic E-state index is 5.93. The summed E-state index contributed by atoms with van der Waals surface area (Å²) >= 11 is 0. The third-order valence-electron chi connectivity index (χ3n) is 3.93. The van der Waals surface area contributed by atoms with E-state index in [1.807, 2.05) is 12.4 Å². The van der Waals surface area contributed by atoms with Gasteiger partial charge in [0.15, 0.2) is 0 Å². The standard InChI is InChI=1S/C14H23N3/c1-10(2)17-7-5-12(8-15)14(17)13-9-16-6-4-11(13)3/h4,6,9-10,12,14H,5,7-8,15H2,1-3H3. The molecule has 0 saturated carbocycles. The van der Waals surface area contributed by atoms with E-state index < -0.39 is 0 Å². The molecule has 2 rings (SSSR count). The van der Waals surface area contributed by atoms with Gasteiger partial charge in [-0.05, 0) is 63.4 Å². The molecule has 2 unspecified atom stereocenters. The molecule has 0 aromatic carbocycles. The summed E-state index contributed by atoms with van der Waals surface area (Å²) in [7, 11) is 0. The van der Waals surface area contributed by atoms with Gasteiger partial charge in [0.25, 0.3) is 0 Å². The summed E-state index contributed by atoms with van der Waals surface area (Å²) in [6.45, 7) is 8.61. The molecule has 1 aliphatic rings. The number of nitrogens with zero attached hydrogens (tertiary/aromatic N) is 2. The van der Waals surface area contributed by atoms with Crippen molar-refractivity contribution in [2.45, 2.75) is 39.3 Å². The lowest BCUT2D eigenvalue weighted by Crippen LogP contribution is -2.33. The van der Waals surface area contributed by atoms with E-state index in [2.05, 4.69) is 36.7 Å². The number of likely N-dealkylation sites (tertiary alicyclic amines) is 1. The molecule has 0 aliphatic carbocycles. The van der Waals surface area contributed by atoms with E-state index in [0.717, 1.165) is 13.1 Å². The van der Waals surface area contributed by atoms with E-state index in [9.17, 15) is 0 Å². The topological polar surface area (TPSA) is 42.1 Å². The Hall–Kier alpha value is -0.930. The van der Waals surface area contributed by atoms with Crippen molar-refractivity contribution < 1.29 is 0 Å². The minimum Gasteiger partial charge on any atom is -0.330 e. The van der Waals surface area contributed by atoms with Gasteiger partial charge in [0.2, 0.25) is 0 Å². The van der Waals surface area contributed by atoms with Gasteiger partial charge in [-0.1, -0.05) is 0 Å². The van der Waals surface area contributed by atoms with Crippen molar-refractivity contribution in [3.63, 3.8) is 0 Å². The van der Waals surface area contributed by atoms with Gasteiger partial charge in [-0.2, -0.15) is 0 Å². The average Bonchev–Trinajstić information content (AvgIpc) is 2.73. The molecule has 3 heteroatoms. The molecule has 2 atom stereocenters. The third kappa shape index (κ3) is 2.35. The van der Waals surface area contributed by atoms with Crippen LogP contribution in [0.1, 0.15) is 37.4 Å². The molecular formula is C14H23N3. The number of pyridine rings is 1. The van der Waals surface area contributed by atoms with Crippen LogP contribution in [0.3, 0.4) is 0 Å². The number of rotatable bonds is 3. The smallest absolute Gasteiger partial charge is 0.0409 e. The van der Waals surface area contributed by atoms with Gasteiger partial charge in [-0.25, -0.2) is 0 Å². The Kier molecular flexibility index (Phi) is 3.79. The van der Waals surface area contributed by atoms with Crippen molar-refractivity contribution in [2.24, 2.45) is 11.7 Å². The molecule has 1 aromatic heterocycles. The van der Waals surface area contributed by atoms with Crippen LogP contribution in [0, 0.1) is 12.8 Å². The average molecular weight is 233 g/mol. The van der Waals surface area contributed by atoms with Gasteiger partial charge >= 0.3 is 0 Å². The Morgan fingerprint density at radius 1 is 1.53 bits per heavy atom. The van der Waals surface area contributed by atoms with Gasteiger partial charge in [-0.15, -0.1) is 0 Å². The first-order valence-electron chi connectivity index (χ1n) is 6.51. The monoisotopic (exact) mass is 233 g/mol. The molecule has 94 valence electrons. The first kappa shape index (κ1) is 12.5. The summed E-state index contributed by atoms with van der Waals surface area (Å²) in [6, 6.07) is 3.12. The Morgan fingerprint density at radius 3 is 2.88 bits per heavy atom. The van der Waals surface area contributed by atoms with E-state index in [4.69, 9.17) is 5.73 Å². The zero-order valence-corrected chi connectivity index (χ0v) is 11.1. The number of hydrogen-bond donors (Lipinski definition) is 1. The second-order valence-corrected chi connectivity index (χ2v) is 5.29. The highest BCUT2D eigenvalue weighted by atomic mass is 15.2. The summed E-state index contributed by atoms with van der Waals surface area (Å²) < 4.78 is 0. The lowest BCUT2D eigenvalue weighted by Gasteiger charge is -2.32. The van der Waals surface area contributed by atoms with Crippen LogP contribution in [0.5, 0.6) is 0 Å². The Morgan fingerprint density at radius 2 is 2.29 bits per heavy atom. The van der Waals surface area contributed by atoms with E-state index in [-0.39, 0.29) is 0 Å². The highest BCUT2D eigenvalue weighted by Gasteiger charge is 2.36. The maximum Gasteiger partial charge on any atom is 0.0409 e. The van der Waals surface area contributed by atoms with Crippen LogP contribution < -0.4 is 5.73 Å². The van der Waals surface area contributed by atoms with Crippen molar-refractivity contribution in [3.8, 4) is 0 Å². The van der Waals surface area contributed by atoms with Crippen LogP contribution >= 0.6 is 0 Å². The van der Waals surface area contributed by atoms with Crippen LogP contribution in [-0.2, 0) is 0 Å². The van der Waals surface area contributed by atoms with E-state index >= 15 is 0 Å². The fourth-order valence-electron chi connectivity index (χ4n) is 2.93. The highest BCUT2D eigenvalue weighted by Crippen LogP contribution is 2.38. The zero-order valence-electron chi connectivity index (χ0n) is 11.1. The Labute approximate surface area is 104 Å². The van der Waals surface area contributed by atoms with Crippen LogP contribution in [0.4, 0.5) is 0 Å². The fraction of sp³-hybridized carbons (Fsp3) is 0.643. The van der Waals surface area contributed by atoms with Crippen molar-refractivity contribution in [3.05, 3.63) is 29.6 Å². The number of hydrogen-bond acceptors (Lipinski definition) is 3. The number of aromatic nitrogens is 1. The molecule has 2 heterocycles. The highest BCUT2D eigenvalue weighted by molar-refractivity contribution is 5.27. The molecule has 2 N–H and O–H groups in total. The fourth-order valence-corrected chi connectivity index (χ4v) is 2.93.